The van der Waals surface area contributed by atoms with Crippen LogP contribution in [-0.2, 0) is 22.6 Å². The molecule has 3 aromatic carbocycles. The highest BCUT2D eigenvalue weighted by Crippen LogP contribution is 2.23. The summed E-state index contributed by atoms with van der Waals surface area (Å²) in [7, 11) is 0. The maximum Gasteiger partial charge on any atom is 0.252 e. The summed E-state index contributed by atoms with van der Waals surface area (Å²) in [6.45, 7) is 5.84. The Balaban J connectivity index is 1.73. The molecule has 0 saturated carbocycles. The van der Waals surface area contributed by atoms with Gasteiger partial charge in [0.25, 0.3) is 5.91 Å². The average molecular weight is 416 g/mol. The number of thiazole rings is 1. The van der Waals surface area contributed by atoms with E-state index in [0.717, 1.165) is 32.2 Å². The molecule has 0 radical (unpaired) electrons. The molecule has 0 unspecified atom stereocenters. The van der Waals surface area contributed by atoms with E-state index in [0.29, 0.717) is 11.3 Å². The van der Waals surface area contributed by atoms with Gasteiger partial charge in [-0.25, -0.2) is 0 Å². The summed E-state index contributed by atoms with van der Waals surface area (Å²) >= 11 is 1.42. The third-order valence-corrected chi connectivity index (χ3v) is 5.80. The Bertz CT molecular complexity index is 1340. The Hall–Kier alpha value is -3.51. The largest absolute Gasteiger partial charge is 0.326 e. The number of anilines is 1. The summed E-state index contributed by atoms with van der Waals surface area (Å²) in [6.07, 6.45) is 2.02. The molecule has 0 fully saturated rings. The van der Waals surface area contributed by atoms with Crippen molar-refractivity contribution in [3.63, 3.8) is 0 Å². The zero-order chi connectivity index (χ0) is 21.1. The minimum atomic E-state index is -0.196. The van der Waals surface area contributed by atoms with Crippen LogP contribution < -0.4 is 10.1 Å². The van der Waals surface area contributed by atoms with Gasteiger partial charge in [-0.15, -0.1) is 6.58 Å². The number of hydrogen-bond donors (Lipinski definition) is 1. The lowest BCUT2D eigenvalue weighted by Gasteiger charge is -2.05. The number of rotatable bonds is 5. The minimum Gasteiger partial charge on any atom is -0.326 e. The first-order valence-electron chi connectivity index (χ1n) is 9.61. The van der Waals surface area contributed by atoms with Gasteiger partial charge in [0.15, 0.2) is 4.80 Å². The molecular formula is C24H21N3O2S. The van der Waals surface area contributed by atoms with Gasteiger partial charge in [-0.3, -0.25) is 9.59 Å². The van der Waals surface area contributed by atoms with Gasteiger partial charge >= 0.3 is 0 Å². The van der Waals surface area contributed by atoms with Gasteiger partial charge in [-0.05, 0) is 34.5 Å². The van der Waals surface area contributed by atoms with Crippen LogP contribution in [0.4, 0.5) is 5.69 Å². The van der Waals surface area contributed by atoms with Crippen LogP contribution in [0.2, 0.25) is 0 Å². The Morgan fingerprint density at radius 3 is 2.73 bits per heavy atom. The molecule has 1 heterocycles. The zero-order valence-electron chi connectivity index (χ0n) is 16.6. The number of nitrogens with zero attached hydrogens (tertiary/aromatic N) is 2. The number of carbonyl (C=O) groups excluding carboxylic acids is 2. The molecule has 0 aliphatic rings. The van der Waals surface area contributed by atoms with E-state index in [2.05, 4.69) is 16.9 Å². The van der Waals surface area contributed by atoms with Crippen molar-refractivity contribution in [2.75, 3.05) is 5.32 Å². The van der Waals surface area contributed by atoms with Crippen LogP contribution in [0.1, 0.15) is 12.5 Å². The highest BCUT2D eigenvalue weighted by molar-refractivity contribution is 7.16. The van der Waals surface area contributed by atoms with Crippen molar-refractivity contribution >= 4 is 49.8 Å². The van der Waals surface area contributed by atoms with E-state index < -0.39 is 0 Å². The van der Waals surface area contributed by atoms with Gasteiger partial charge in [0.2, 0.25) is 5.91 Å². The minimum absolute atomic E-state index is 0.125. The lowest BCUT2D eigenvalue weighted by Crippen LogP contribution is -2.17. The second-order valence-electron chi connectivity index (χ2n) is 6.97. The first-order valence-corrected chi connectivity index (χ1v) is 10.4. The molecule has 0 aliphatic heterocycles. The molecule has 0 aliphatic carbocycles. The standard InChI is InChI=1S/C24H21N3O2S/c1-3-13-27-21-12-11-19(25-16(2)28)15-22(21)30-24(27)26-23(29)14-18-9-6-8-17-7-4-5-10-20(17)18/h3-12,15H,1,13-14H2,2H3,(H,25,28). The average Bonchev–Trinajstić information content (AvgIpc) is 3.04. The first-order chi connectivity index (χ1) is 14.5. The Labute approximate surface area is 178 Å². The Kier molecular flexibility index (Phi) is 5.59. The van der Waals surface area contributed by atoms with Crippen LogP contribution in [0, 0.1) is 0 Å². The SMILES string of the molecule is C=CCn1c(=NC(=O)Cc2cccc3ccccc23)sc2cc(NC(C)=O)ccc21. The first kappa shape index (κ1) is 19.8. The molecule has 6 heteroatoms. The van der Waals surface area contributed by atoms with Crippen molar-refractivity contribution in [3.05, 3.63) is 83.7 Å². The molecule has 1 aromatic heterocycles. The van der Waals surface area contributed by atoms with Crippen LogP contribution >= 0.6 is 11.3 Å². The highest BCUT2D eigenvalue weighted by Gasteiger charge is 2.10. The normalized spacial score (nSPS) is 11.7. The van der Waals surface area contributed by atoms with Crippen molar-refractivity contribution in [2.24, 2.45) is 4.99 Å². The lowest BCUT2D eigenvalue weighted by molar-refractivity contribution is -0.117. The number of fused-ring (bicyclic) bond motifs is 2. The predicted molar refractivity (Wildman–Crippen MR) is 123 cm³/mol. The van der Waals surface area contributed by atoms with E-state index in [1.165, 1.54) is 18.3 Å². The van der Waals surface area contributed by atoms with E-state index >= 15 is 0 Å². The summed E-state index contributed by atoms with van der Waals surface area (Å²) in [5, 5.41) is 4.97. The smallest absolute Gasteiger partial charge is 0.252 e. The molecular weight excluding hydrogens is 394 g/mol. The molecule has 0 saturated heterocycles. The van der Waals surface area contributed by atoms with Gasteiger partial charge in [0, 0.05) is 19.2 Å². The topological polar surface area (TPSA) is 63.5 Å². The number of nitrogens with one attached hydrogen (secondary N) is 1. The zero-order valence-corrected chi connectivity index (χ0v) is 17.4. The van der Waals surface area contributed by atoms with Crippen LogP contribution in [0.5, 0.6) is 0 Å². The molecule has 30 heavy (non-hydrogen) atoms. The van der Waals surface area contributed by atoms with E-state index in [4.69, 9.17) is 0 Å². The molecule has 0 bridgehead atoms. The van der Waals surface area contributed by atoms with Gasteiger partial charge < -0.3 is 9.88 Å². The lowest BCUT2D eigenvalue weighted by atomic mass is 10.0. The van der Waals surface area contributed by atoms with Gasteiger partial charge in [-0.1, -0.05) is 59.9 Å². The summed E-state index contributed by atoms with van der Waals surface area (Å²) in [5.41, 5.74) is 2.63. The van der Waals surface area contributed by atoms with Crippen LogP contribution in [0.3, 0.4) is 0 Å². The van der Waals surface area contributed by atoms with E-state index in [1.807, 2.05) is 65.2 Å². The number of allylic oxidation sites excluding steroid dienone is 1. The Morgan fingerprint density at radius 1 is 1.13 bits per heavy atom. The maximum atomic E-state index is 12.8. The van der Waals surface area contributed by atoms with Crippen molar-refractivity contribution in [1.82, 2.24) is 4.57 Å². The summed E-state index contributed by atoms with van der Waals surface area (Å²) < 4.78 is 2.91. The third-order valence-electron chi connectivity index (χ3n) is 4.76. The van der Waals surface area contributed by atoms with E-state index in [1.54, 1.807) is 6.08 Å². The second-order valence-corrected chi connectivity index (χ2v) is 7.98. The van der Waals surface area contributed by atoms with E-state index in [9.17, 15) is 9.59 Å². The third kappa shape index (κ3) is 4.09. The molecule has 0 spiro atoms. The number of amides is 2. The summed E-state index contributed by atoms with van der Waals surface area (Å²) in [4.78, 5) is 29.2. The molecule has 4 aromatic rings. The number of hydrogen-bond acceptors (Lipinski definition) is 3. The van der Waals surface area contributed by atoms with Gasteiger partial charge in [-0.2, -0.15) is 4.99 Å². The second kappa shape index (κ2) is 8.47. The number of carbonyl (C=O) groups is 2. The monoisotopic (exact) mass is 415 g/mol. The fraction of sp³-hybridized carbons (Fsp3) is 0.125. The van der Waals surface area contributed by atoms with Crippen LogP contribution in [-0.4, -0.2) is 16.4 Å². The molecule has 150 valence electrons. The molecule has 0 atom stereocenters. The van der Waals surface area contributed by atoms with Crippen LogP contribution in [0.25, 0.3) is 21.0 Å². The molecule has 2 amide bonds. The fourth-order valence-corrected chi connectivity index (χ4v) is 4.60. The summed E-state index contributed by atoms with van der Waals surface area (Å²) in [5.74, 6) is -0.321. The highest BCUT2D eigenvalue weighted by atomic mass is 32.1. The molecule has 5 nitrogen and oxygen atoms in total. The van der Waals surface area contributed by atoms with Gasteiger partial charge in [0.05, 0.1) is 16.6 Å². The number of benzene rings is 3. The van der Waals surface area contributed by atoms with Gasteiger partial charge in [0.1, 0.15) is 0 Å². The van der Waals surface area contributed by atoms with Crippen molar-refractivity contribution < 1.29 is 9.59 Å². The van der Waals surface area contributed by atoms with Crippen molar-refractivity contribution in [1.29, 1.82) is 0 Å². The maximum absolute atomic E-state index is 12.8. The van der Waals surface area contributed by atoms with Crippen molar-refractivity contribution in [3.8, 4) is 0 Å². The fourth-order valence-electron chi connectivity index (χ4n) is 3.50. The molecule has 4 rings (SSSR count). The van der Waals surface area contributed by atoms with Crippen molar-refractivity contribution in [2.45, 2.75) is 19.9 Å². The quantitative estimate of drug-likeness (QED) is 0.482. The molecule has 1 N–H and O–H groups in total. The Morgan fingerprint density at radius 2 is 1.93 bits per heavy atom. The number of aromatic nitrogens is 1. The van der Waals surface area contributed by atoms with Crippen LogP contribution in [0.15, 0.2) is 78.3 Å². The summed E-state index contributed by atoms with van der Waals surface area (Å²) in [6, 6.07) is 19.7. The van der Waals surface area contributed by atoms with E-state index in [-0.39, 0.29) is 18.2 Å². The predicted octanol–water partition coefficient (Wildman–Crippen LogP) is 4.67.